The van der Waals surface area contributed by atoms with Crippen LogP contribution >= 0.6 is 0 Å². The molecule has 0 heterocycles. The van der Waals surface area contributed by atoms with Crippen LogP contribution in [0.5, 0.6) is 5.75 Å². The van der Waals surface area contributed by atoms with Crippen molar-refractivity contribution in [2.45, 2.75) is 25.9 Å². The van der Waals surface area contributed by atoms with Gasteiger partial charge in [-0.2, -0.15) is 0 Å². The minimum atomic E-state index is -0.287. The lowest BCUT2D eigenvalue weighted by molar-refractivity contribution is 0.135. The van der Waals surface area contributed by atoms with Gasteiger partial charge in [-0.15, -0.1) is 0 Å². The molecular formula is C13H20FNO2. The SMILES string of the molecule is COCCC(C)Oc1cc(F)cc(CCN)c1. The molecule has 0 amide bonds. The Bertz CT molecular complexity index is 344. The number of rotatable bonds is 7. The normalized spacial score (nSPS) is 12.5. The quantitative estimate of drug-likeness (QED) is 0.795. The van der Waals surface area contributed by atoms with Crippen LogP contribution in [0.25, 0.3) is 0 Å². The predicted molar refractivity (Wildman–Crippen MR) is 65.7 cm³/mol. The van der Waals surface area contributed by atoms with Crippen molar-refractivity contribution in [1.82, 2.24) is 0 Å². The lowest BCUT2D eigenvalue weighted by Crippen LogP contribution is -2.14. The molecule has 0 saturated heterocycles. The van der Waals surface area contributed by atoms with Gasteiger partial charge in [-0.1, -0.05) is 0 Å². The first-order valence-electron chi connectivity index (χ1n) is 5.81. The van der Waals surface area contributed by atoms with Crippen LogP contribution in [0, 0.1) is 5.82 Å². The molecule has 0 spiro atoms. The van der Waals surface area contributed by atoms with Gasteiger partial charge in [0.2, 0.25) is 0 Å². The Balaban J connectivity index is 2.63. The van der Waals surface area contributed by atoms with Crippen LogP contribution in [0.3, 0.4) is 0 Å². The smallest absolute Gasteiger partial charge is 0.127 e. The van der Waals surface area contributed by atoms with E-state index >= 15 is 0 Å². The van der Waals surface area contributed by atoms with Gasteiger partial charge in [0.25, 0.3) is 0 Å². The molecule has 0 saturated carbocycles. The van der Waals surface area contributed by atoms with Crippen molar-refractivity contribution >= 4 is 0 Å². The number of hydrogen-bond donors (Lipinski definition) is 1. The fourth-order valence-corrected chi connectivity index (χ4v) is 1.57. The maximum atomic E-state index is 13.3. The van der Waals surface area contributed by atoms with Crippen LogP contribution in [-0.4, -0.2) is 26.4 Å². The molecule has 0 bridgehead atoms. The van der Waals surface area contributed by atoms with Crippen LogP contribution < -0.4 is 10.5 Å². The Hall–Kier alpha value is -1.13. The van der Waals surface area contributed by atoms with Gasteiger partial charge in [0, 0.05) is 26.2 Å². The molecule has 2 N–H and O–H groups in total. The third-order valence-electron chi connectivity index (χ3n) is 2.43. The van der Waals surface area contributed by atoms with Crippen molar-refractivity contribution in [3.8, 4) is 5.75 Å². The summed E-state index contributed by atoms with van der Waals surface area (Å²) in [4.78, 5) is 0. The number of ether oxygens (including phenoxy) is 2. The second-order valence-electron chi connectivity index (χ2n) is 4.04. The number of halogens is 1. The lowest BCUT2D eigenvalue weighted by atomic mass is 10.1. The van der Waals surface area contributed by atoms with E-state index in [4.69, 9.17) is 15.2 Å². The fraction of sp³-hybridized carbons (Fsp3) is 0.538. The van der Waals surface area contributed by atoms with Crippen molar-refractivity contribution < 1.29 is 13.9 Å². The molecule has 1 aromatic carbocycles. The highest BCUT2D eigenvalue weighted by Gasteiger charge is 2.06. The minimum absolute atomic E-state index is 0.00229. The summed E-state index contributed by atoms with van der Waals surface area (Å²) in [6, 6.07) is 4.71. The van der Waals surface area contributed by atoms with Gasteiger partial charge in [-0.25, -0.2) is 4.39 Å². The Kier molecular flexibility index (Phi) is 5.94. The van der Waals surface area contributed by atoms with E-state index in [1.54, 1.807) is 7.11 Å². The topological polar surface area (TPSA) is 44.5 Å². The van der Waals surface area contributed by atoms with E-state index in [1.165, 1.54) is 12.1 Å². The summed E-state index contributed by atoms with van der Waals surface area (Å²) in [5.41, 5.74) is 6.31. The molecule has 3 nitrogen and oxygen atoms in total. The predicted octanol–water partition coefficient (Wildman–Crippen LogP) is 2.13. The maximum Gasteiger partial charge on any atom is 0.127 e. The summed E-state index contributed by atoms with van der Waals surface area (Å²) in [5.74, 6) is 0.266. The minimum Gasteiger partial charge on any atom is -0.491 e. The van der Waals surface area contributed by atoms with Crippen LogP contribution in [0.2, 0.25) is 0 Å². The Morgan fingerprint density at radius 3 is 2.76 bits per heavy atom. The van der Waals surface area contributed by atoms with Gasteiger partial charge in [-0.05, 0) is 37.6 Å². The second kappa shape index (κ2) is 7.25. The van der Waals surface area contributed by atoms with Gasteiger partial charge in [0.1, 0.15) is 11.6 Å². The molecule has 0 aliphatic rings. The molecule has 1 atom stereocenters. The zero-order valence-electron chi connectivity index (χ0n) is 10.4. The molecule has 17 heavy (non-hydrogen) atoms. The van der Waals surface area contributed by atoms with Gasteiger partial charge >= 0.3 is 0 Å². The first-order valence-corrected chi connectivity index (χ1v) is 5.81. The average Bonchev–Trinajstić information content (AvgIpc) is 2.26. The van der Waals surface area contributed by atoms with E-state index < -0.39 is 0 Å². The van der Waals surface area contributed by atoms with Crippen molar-refractivity contribution in [1.29, 1.82) is 0 Å². The summed E-state index contributed by atoms with van der Waals surface area (Å²) in [6.07, 6.45) is 1.43. The van der Waals surface area contributed by atoms with Crippen LogP contribution in [0.15, 0.2) is 18.2 Å². The largest absolute Gasteiger partial charge is 0.491 e. The second-order valence-corrected chi connectivity index (χ2v) is 4.04. The highest BCUT2D eigenvalue weighted by atomic mass is 19.1. The number of hydrogen-bond acceptors (Lipinski definition) is 3. The third-order valence-corrected chi connectivity index (χ3v) is 2.43. The molecule has 0 fully saturated rings. The Morgan fingerprint density at radius 2 is 2.12 bits per heavy atom. The molecule has 0 aliphatic heterocycles. The molecule has 4 heteroatoms. The van der Waals surface area contributed by atoms with E-state index in [1.807, 2.05) is 13.0 Å². The van der Waals surface area contributed by atoms with E-state index in [0.29, 0.717) is 25.3 Å². The third kappa shape index (κ3) is 5.15. The van der Waals surface area contributed by atoms with Crippen molar-refractivity contribution in [3.63, 3.8) is 0 Å². The molecule has 1 unspecified atom stereocenters. The Morgan fingerprint density at radius 1 is 1.35 bits per heavy atom. The summed E-state index contributed by atoms with van der Waals surface area (Å²) in [7, 11) is 1.65. The van der Waals surface area contributed by atoms with Gasteiger partial charge in [0.05, 0.1) is 6.10 Å². The lowest BCUT2D eigenvalue weighted by Gasteiger charge is -2.15. The van der Waals surface area contributed by atoms with E-state index in [2.05, 4.69) is 0 Å². The molecule has 96 valence electrons. The fourth-order valence-electron chi connectivity index (χ4n) is 1.57. The van der Waals surface area contributed by atoms with E-state index in [-0.39, 0.29) is 11.9 Å². The van der Waals surface area contributed by atoms with Crippen molar-refractivity contribution in [2.24, 2.45) is 5.73 Å². The van der Waals surface area contributed by atoms with Gasteiger partial charge in [-0.3, -0.25) is 0 Å². The number of benzene rings is 1. The van der Waals surface area contributed by atoms with Gasteiger partial charge < -0.3 is 15.2 Å². The first-order chi connectivity index (χ1) is 8.15. The van der Waals surface area contributed by atoms with Crippen LogP contribution in [-0.2, 0) is 11.2 Å². The van der Waals surface area contributed by atoms with Crippen LogP contribution in [0.1, 0.15) is 18.9 Å². The van der Waals surface area contributed by atoms with E-state index in [9.17, 15) is 4.39 Å². The zero-order valence-corrected chi connectivity index (χ0v) is 10.4. The summed E-state index contributed by atoms with van der Waals surface area (Å²) >= 11 is 0. The molecule has 1 rings (SSSR count). The highest BCUT2D eigenvalue weighted by Crippen LogP contribution is 2.18. The number of nitrogens with two attached hydrogens (primary N) is 1. The zero-order chi connectivity index (χ0) is 12.7. The highest BCUT2D eigenvalue weighted by molar-refractivity contribution is 5.30. The van der Waals surface area contributed by atoms with Crippen molar-refractivity contribution in [2.75, 3.05) is 20.3 Å². The van der Waals surface area contributed by atoms with E-state index in [0.717, 1.165) is 12.0 Å². The maximum absolute atomic E-state index is 13.3. The summed E-state index contributed by atoms with van der Waals surface area (Å²) in [6.45, 7) is 3.07. The number of methoxy groups -OCH3 is 1. The molecule has 0 aliphatic carbocycles. The molecular weight excluding hydrogens is 221 g/mol. The first kappa shape index (κ1) is 13.9. The summed E-state index contributed by atoms with van der Waals surface area (Å²) in [5, 5.41) is 0. The van der Waals surface area contributed by atoms with Crippen LogP contribution in [0.4, 0.5) is 4.39 Å². The summed E-state index contributed by atoms with van der Waals surface area (Å²) < 4.78 is 23.9. The Labute approximate surface area is 102 Å². The van der Waals surface area contributed by atoms with Gasteiger partial charge in [0.15, 0.2) is 0 Å². The molecule has 1 aromatic rings. The van der Waals surface area contributed by atoms with Crippen molar-refractivity contribution in [3.05, 3.63) is 29.6 Å². The molecule has 0 aromatic heterocycles. The average molecular weight is 241 g/mol. The monoisotopic (exact) mass is 241 g/mol. The standard InChI is InChI=1S/C13H20FNO2/c1-10(4-6-16-2)17-13-8-11(3-5-15)7-12(14)9-13/h7-10H,3-6,15H2,1-2H3. The molecule has 0 radical (unpaired) electrons.